The first-order valence-electron chi connectivity index (χ1n) is 5.11. The third kappa shape index (κ3) is 9.80. The third-order valence-electron chi connectivity index (χ3n) is 2.01. The molecule has 0 saturated heterocycles. The number of nitrogens with one attached hydrogen (secondary N) is 1. The van der Waals surface area contributed by atoms with Crippen LogP contribution in [0, 0.1) is 5.92 Å². The highest BCUT2D eigenvalue weighted by Gasteiger charge is 1.97. The Morgan fingerprint density at radius 1 is 1.31 bits per heavy atom. The van der Waals surface area contributed by atoms with Gasteiger partial charge in [0.15, 0.2) is 0 Å². The summed E-state index contributed by atoms with van der Waals surface area (Å²) in [7, 11) is 1.74. The summed E-state index contributed by atoms with van der Waals surface area (Å²) in [6.45, 7) is 5.15. The van der Waals surface area contributed by atoms with Gasteiger partial charge in [0.2, 0.25) is 0 Å². The van der Waals surface area contributed by atoms with E-state index in [1.807, 2.05) is 6.92 Å². The Morgan fingerprint density at radius 2 is 2.08 bits per heavy atom. The number of ether oxygens (including phenoxy) is 1. The van der Waals surface area contributed by atoms with E-state index in [0.717, 1.165) is 26.1 Å². The molecule has 0 amide bonds. The molecule has 0 aromatic carbocycles. The van der Waals surface area contributed by atoms with Crippen molar-refractivity contribution in [1.82, 2.24) is 5.32 Å². The minimum absolute atomic E-state index is 0.274. The van der Waals surface area contributed by atoms with Crippen LogP contribution in [0.15, 0.2) is 0 Å². The van der Waals surface area contributed by atoms with E-state index >= 15 is 0 Å². The van der Waals surface area contributed by atoms with Crippen molar-refractivity contribution in [3.63, 3.8) is 0 Å². The van der Waals surface area contributed by atoms with Gasteiger partial charge in [-0.3, -0.25) is 0 Å². The fourth-order valence-corrected chi connectivity index (χ4v) is 1.09. The lowest BCUT2D eigenvalue weighted by molar-refractivity contribution is 0.192. The van der Waals surface area contributed by atoms with E-state index in [-0.39, 0.29) is 6.61 Å². The summed E-state index contributed by atoms with van der Waals surface area (Å²) < 4.78 is 4.95. The largest absolute Gasteiger partial charge is 0.396 e. The van der Waals surface area contributed by atoms with Gasteiger partial charge in [-0.05, 0) is 38.3 Å². The van der Waals surface area contributed by atoms with Crippen LogP contribution < -0.4 is 5.32 Å². The minimum Gasteiger partial charge on any atom is -0.396 e. The standard InChI is InChI=1S/C10H23NO2/c1-10(9-12)8-11-6-4-3-5-7-13-2/h10-12H,3-9H2,1-2H3. The van der Waals surface area contributed by atoms with Gasteiger partial charge in [0, 0.05) is 20.3 Å². The number of aliphatic hydroxyl groups excluding tert-OH is 1. The van der Waals surface area contributed by atoms with Crippen LogP contribution in [0.2, 0.25) is 0 Å². The SMILES string of the molecule is COCCCCCNCC(C)CO. The van der Waals surface area contributed by atoms with Gasteiger partial charge in [0.25, 0.3) is 0 Å². The molecule has 2 N–H and O–H groups in total. The van der Waals surface area contributed by atoms with Crippen molar-refractivity contribution in [2.45, 2.75) is 26.2 Å². The van der Waals surface area contributed by atoms with Gasteiger partial charge in [-0.15, -0.1) is 0 Å². The molecule has 1 unspecified atom stereocenters. The van der Waals surface area contributed by atoms with E-state index in [2.05, 4.69) is 5.32 Å². The summed E-state index contributed by atoms with van der Waals surface area (Å²) in [6.07, 6.45) is 3.56. The van der Waals surface area contributed by atoms with Gasteiger partial charge in [-0.2, -0.15) is 0 Å². The molecule has 0 aromatic heterocycles. The third-order valence-corrected chi connectivity index (χ3v) is 2.01. The molecule has 0 radical (unpaired) electrons. The zero-order valence-corrected chi connectivity index (χ0v) is 8.88. The van der Waals surface area contributed by atoms with E-state index < -0.39 is 0 Å². The molecule has 80 valence electrons. The maximum Gasteiger partial charge on any atom is 0.0468 e. The van der Waals surface area contributed by atoms with Crippen molar-refractivity contribution in [2.75, 3.05) is 33.4 Å². The number of hydrogen-bond donors (Lipinski definition) is 2. The highest BCUT2D eigenvalue weighted by Crippen LogP contribution is 1.94. The van der Waals surface area contributed by atoms with Gasteiger partial charge < -0.3 is 15.2 Å². The monoisotopic (exact) mass is 189 g/mol. The van der Waals surface area contributed by atoms with Gasteiger partial charge >= 0.3 is 0 Å². The summed E-state index contributed by atoms with van der Waals surface area (Å²) in [4.78, 5) is 0. The molecule has 3 heteroatoms. The molecule has 0 heterocycles. The molecule has 0 aromatic rings. The second-order valence-electron chi connectivity index (χ2n) is 3.55. The van der Waals surface area contributed by atoms with Crippen LogP contribution in [0.25, 0.3) is 0 Å². The van der Waals surface area contributed by atoms with Crippen LogP contribution in [0.1, 0.15) is 26.2 Å². The molecule has 1 atom stereocenters. The zero-order valence-electron chi connectivity index (χ0n) is 8.88. The molecule has 0 aliphatic carbocycles. The van der Waals surface area contributed by atoms with Crippen molar-refractivity contribution < 1.29 is 9.84 Å². The maximum absolute atomic E-state index is 8.75. The molecule has 13 heavy (non-hydrogen) atoms. The maximum atomic E-state index is 8.75. The van der Waals surface area contributed by atoms with Crippen molar-refractivity contribution in [2.24, 2.45) is 5.92 Å². The number of hydrogen-bond acceptors (Lipinski definition) is 3. The smallest absolute Gasteiger partial charge is 0.0468 e. The zero-order chi connectivity index (χ0) is 9.94. The molecular formula is C10H23NO2. The second kappa shape index (κ2) is 9.96. The Balaban J connectivity index is 2.91. The van der Waals surface area contributed by atoms with Crippen molar-refractivity contribution in [3.05, 3.63) is 0 Å². The summed E-state index contributed by atoms with van der Waals surface area (Å²) in [5.41, 5.74) is 0. The van der Waals surface area contributed by atoms with Crippen LogP contribution in [0.5, 0.6) is 0 Å². The Labute approximate surface area is 81.5 Å². The molecule has 0 saturated carbocycles. The van der Waals surface area contributed by atoms with Crippen LogP contribution in [0.4, 0.5) is 0 Å². The predicted molar refractivity (Wildman–Crippen MR) is 54.8 cm³/mol. The van der Waals surface area contributed by atoms with Crippen LogP contribution in [-0.4, -0.2) is 38.5 Å². The fourth-order valence-electron chi connectivity index (χ4n) is 1.09. The van der Waals surface area contributed by atoms with Gasteiger partial charge in [0.1, 0.15) is 0 Å². The molecule has 0 spiro atoms. The number of methoxy groups -OCH3 is 1. The van der Waals surface area contributed by atoms with Crippen molar-refractivity contribution >= 4 is 0 Å². The molecule has 0 aliphatic heterocycles. The lowest BCUT2D eigenvalue weighted by Crippen LogP contribution is -2.24. The van der Waals surface area contributed by atoms with Crippen LogP contribution in [0.3, 0.4) is 0 Å². The Bertz CT molecular complexity index is 98.9. The first kappa shape index (κ1) is 12.9. The number of aliphatic hydroxyl groups is 1. The summed E-state index contributed by atoms with van der Waals surface area (Å²) in [5.74, 6) is 0.374. The lowest BCUT2D eigenvalue weighted by atomic mass is 10.2. The molecule has 0 bridgehead atoms. The van der Waals surface area contributed by atoms with E-state index in [4.69, 9.17) is 9.84 Å². The number of rotatable bonds is 9. The average Bonchev–Trinajstić information content (AvgIpc) is 2.16. The normalized spacial score (nSPS) is 13.2. The van der Waals surface area contributed by atoms with E-state index in [1.165, 1.54) is 12.8 Å². The van der Waals surface area contributed by atoms with E-state index in [9.17, 15) is 0 Å². The summed E-state index contributed by atoms with van der Waals surface area (Å²) in [5, 5.41) is 12.1. The van der Waals surface area contributed by atoms with Crippen molar-refractivity contribution in [1.29, 1.82) is 0 Å². The van der Waals surface area contributed by atoms with Crippen molar-refractivity contribution in [3.8, 4) is 0 Å². The first-order chi connectivity index (χ1) is 6.31. The molecule has 3 nitrogen and oxygen atoms in total. The van der Waals surface area contributed by atoms with Gasteiger partial charge in [-0.1, -0.05) is 6.92 Å². The molecule has 0 aliphatic rings. The van der Waals surface area contributed by atoms with E-state index in [1.54, 1.807) is 7.11 Å². The van der Waals surface area contributed by atoms with E-state index in [0.29, 0.717) is 5.92 Å². The lowest BCUT2D eigenvalue weighted by Gasteiger charge is -2.08. The Kier molecular flexibility index (Phi) is 9.87. The average molecular weight is 189 g/mol. The Hall–Kier alpha value is -0.120. The fraction of sp³-hybridized carbons (Fsp3) is 1.00. The summed E-state index contributed by atoms with van der Waals surface area (Å²) >= 11 is 0. The number of unbranched alkanes of at least 4 members (excludes halogenated alkanes) is 2. The van der Waals surface area contributed by atoms with Crippen LogP contribution in [-0.2, 0) is 4.74 Å². The second-order valence-corrected chi connectivity index (χ2v) is 3.55. The predicted octanol–water partition coefficient (Wildman–Crippen LogP) is 1.02. The summed E-state index contributed by atoms with van der Waals surface area (Å²) in [6, 6.07) is 0. The highest BCUT2D eigenvalue weighted by molar-refractivity contribution is 4.54. The first-order valence-corrected chi connectivity index (χ1v) is 5.11. The highest BCUT2D eigenvalue weighted by atomic mass is 16.5. The quantitative estimate of drug-likeness (QED) is 0.532. The molecule has 0 rings (SSSR count). The molecular weight excluding hydrogens is 166 g/mol. The van der Waals surface area contributed by atoms with Gasteiger partial charge in [0.05, 0.1) is 0 Å². The topological polar surface area (TPSA) is 41.5 Å². The minimum atomic E-state index is 0.274. The van der Waals surface area contributed by atoms with Gasteiger partial charge in [-0.25, -0.2) is 0 Å². The molecule has 0 fully saturated rings. The Morgan fingerprint density at radius 3 is 2.69 bits per heavy atom. The van der Waals surface area contributed by atoms with Crippen LogP contribution >= 0.6 is 0 Å².